The second-order valence-electron chi connectivity index (χ2n) is 3.57. The van der Waals surface area contributed by atoms with Crippen LogP contribution in [0.2, 0.25) is 0 Å². The summed E-state index contributed by atoms with van der Waals surface area (Å²) in [5.74, 6) is -0.511. The van der Waals surface area contributed by atoms with Gasteiger partial charge >= 0.3 is 5.97 Å². The Kier molecular flexibility index (Phi) is 5.68. The molecule has 1 aromatic rings. The predicted octanol–water partition coefficient (Wildman–Crippen LogP) is 0.266. The molecule has 0 aliphatic carbocycles. The lowest BCUT2D eigenvalue weighted by molar-refractivity contribution is 0.0600. The Bertz CT molecular complexity index is 550. The molecule has 0 aliphatic rings. The highest BCUT2D eigenvalue weighted by Crippen LogP contribution is 2.11. The summed E-state index contributed by atoms with van der Waals surface area (Å²) >= 11 is 0. The molecule has 0 bridgehead atoms. The SMILES string of the molecule is COC(=O)c1ccc(S(=O)(=O)NC/C=C/CN)cc1. The van der Waals surface area contributed by atoms with Crippen molar-refractivity contribution >= 4 is 16.0 Å². The van der Waals surface area contributed by atoms with Crippen LogP contribution in [0, 0.1) is 0 Å². The van der Waals surface area contributed by atoms with E-state index in [2.05, 4.69) is 9.46 Å². The van der Waals surface area contributed by atoms with Crippen molar-refractivity contribution in [3.05, 3.63) is 42.0 Å². The van der Waals surface area contributed by atoms with Crippen LogP contribution in [0.3, 0.4) is 0 Å². The molecule has 0 aromatic heterocycles. The van der Waals surface area contributed by atoms with Crippen LogP contribution in [-0.2, 0) is 14.8 Å². The lowest BCUT2D eigenvalue weighted by Gasteiger charge is -2.05. The molecule has 0 heterocycles. The van der Waals surface area contributed by atoms with E-state index in [-0.39, 0.29) is 11.4 Å². The van der Waals surface area contributed by atoms with Crippen LogP contribution < -0.4 is 10.5 Å². The van der Waals surface area contributed by atoms with Crippen LogP contribution in [0.25, 0.3) is 0 Å². The number of rotatable bonds is 6. The summed E-state index contributed by atoms with van der Waals surface area (Å²) < 4.78 is 30.6. The van der Waals surface area contributed by atoms with Gasteiger partial charge in [-0.05, 0) is 24.3 Å². The van der Waals surface area contributed by atoms with Gasteiger partial charge in [-0.1, -0.05) is 12.2 Å². The topological polar surface area (TPSA) is 98.5 Å². The molecule has 0 atom stereocenters. The van der Waals surface area contributed by atoms with Crippen molar-refractivity contribution in [1.29, 1.82) is 0 Å². The van der Waals surface area contributed by atoms with Gasteiger partial charge in [0.15, 0.2) is 0 Å². The number of sulfonamides is 1. The van der Waals surface area contributed by atoms with Crippen LogP contribution in [0.5, 0.6) is 0 Å². The Hall–Kier alpha value is -1.70. The van der Waals surface area contributed by atoms with Crippen molar-refractivity contribution in [3.8, 4) is 0 Å². The number of hydrogen-bond acceptors (Lipinski definition) is 5. The molecule has 0 radical (unpaired) electrons. The van der Waals surface area contributed by atoms with E-state index in [1.54, 1.807) is 12.2 Å². The van der Waals surface area contributed by atoms with E-state index in [1.165, 1.54) is 31.4 Å². The van der Waals surface area contributed by atoms with E-state index in [0.717, 1.165) is 0 Å². The van der Waals surface area contributed by atoms with Crippen LogP contribution in [0.15, 0.2) is 41.3 Å². The maximum absolute atomic E-state index is 11.9. The van der Waals surface area contributed by atoms with Crippen LogP contribution >= 0.6 is 0 Å². The zero-order valence-corrected chi connectivity index (χ0v) is 11.3. The summed E-state index contributed by atoms with van der Waals surface area (Å²) in [6.07, 6.45) is 3.28. The maximum Gasteiger partial charge on any atom is 0.337 e. The van der Waals surface area contributed by atoms with E-state index in [1.807, 2.05) is 0 Å². The number of nitrogens with one attached hydrogen (secondary N) is 1. The lowest BCUT2D eigenvalue weighted by atomic mass is 10.2. The van der Waals surface area contributed by atoms with Gasteiger partial charge in [0.1, 0.15) is 0 Å². The van der Waals surface area contributed by atoms with E-state index < -0.39 is 16.0 Å². The molecule has 0 saturated carbocycles. The fraction of sp³-hybridized carbons (Fsp3) is 0.250. The smallest absolute Gasteiger partial charge is 0.337 e. The number of ether oxygens (including phenoxy) is 1. The number of benzene rings is 1. The number of esters is 1. The summed E-state index contributed by atoms with van der Waals surface area (Å²) in [7, 11) is -2.32. The summed E-state index contributed by atoms with van der Waals surface area (Å²) in [5.41, 5.74) is 5.54. The van der Waals surface area contributed by atoms with Crippen molar-refractivity contribution in [1.82, 2.24) is 4.72 Å². The molecule has 7 heteroatoms. The minimum atomic E-state index is -3.58. The molecule has 1 rings (SSSR count). The van der Waals surface area contributed by atoms with E-state index in [0.29, 0.717) is 12.1 Å². The Labute approximate surface area is 112 Å². The highest BCUT2D eigenvalue weighted by Gasteiger charge is 2.13. The fourth-order valence-corrected chi connectivity index (χ4v) is 2.29. The average molecular weight is 284 g/mol. The van der Waals surface area contributed by atoms with Gasteiger partial charge in [-0.2, -0.15) is 0 Å². The third-order valence-corrected chi connectivity index (χ3v) is 3.72. The first-order chi connectivity index (χ1) is 9.01. The van der Waals surface area contributed by atoms with Crippen LogP contribution in [0.1, 0.15) is 10.4 Å². The Morgan fingerprint density at radius 3 is 2.47 bits per heavy atom. The van der Waals surface area contributed by atoms with E-state index >= 15 is 0 Å². The Morgan fingerprint density at radius 2 is 1.95 bits per heavy atom. The molecule has 104 valence electrons. The molecule has 0 fully saturated rings. The predicted molar refractivity (Wildman–Crippen MR) is 71.2 cm³/mol. The van der Waals surface area contributed by atoms with Crippen molar-refractivity contribution in [2.75, 3.05) is 20.2 Å². The summed E-state index contributed by atoms with van der Waals surface area (Å²) in [4.78, 5) is 11.3. The Morgan fingerprint density at radius 1 is 1.32 bits per heavy atom. The van der Waals surface area contributed by atoms with Crippen LogP contribution in [-0.4, -0.2) is 34.6 Å². The molecule has 0 aliphatic heterocycles. The average Bonchev–Trinajstić information content (AvgIpc) is 2.43. The summed E-state index contributed by atoms with van der Waals surface area (Å²) in [6.45, 7) is 0.522. The highest BCUT2D eigenvalue weighted by molar-refractivity contribution is 7.89. The molecule has 0 unspecified atom stereocenters. The zero-order chi connectivity index (χ0) is 14.3. The Balaban J connectivity index is 2.79. The van der Waals surface area contributed by atoms with Gasteiger partial charge in [-0.3, -0.25) is 0 Å². The van der Waals surface area contributed by atoms with Crippen molar-refractivity contribution in [2.24, 2.45) is 5.73 Å². The normalized spacial score (nSPS) is 11.7. The molecule has 19 heavy (non-hydrogen) atoms. The van der Waals surface area contributed by atoms with Gasteiger partial charge in [0.25, 0.3) is 0 Å². The third-order valence-electron chi connectivity index (χ3n) is 2.28. The first kappa shape index (κ1) is 15.4. The quantitative estimate of drug-likeness (QED) is 0.577. The van der Waals surface area contributed by atoms with Crippen molar-refractivity contribution in [2.45, 2.75) is 4.90 Å². The molecule has 0 spiro atoms. The lowest BCUT2D eigenvalue weighted by Crippen LogP contribution is -2.24. The highest BCUT2D eigenvalue weighted by atomic mass is 32.2. The first-order valence-electron chi connectivity index (χ1n) is 5.54. The number of methoxy groups -OCH3 is 1. The summed E-state index contributed by atoms with van der Waals surface area (Å²) in [5, 5.41) is 0. The number of nitrogens with two attached hydrogens (primary N) is 1. The molecule has 0 saturated heterocycles. The van der Waals surface area contributed by atoms with E-state index in [4.69, 9.17) is 5.73 Å². The second-order valence-corrected chi connectivity index (χ2v) is 5.34. The molecular weight excluding hydrogens is 268 g/mol. The maximum atomic E-state index is 11.9. The van der Waals surface area contributed by atoms with E-state index in [9.17, 15) is 13.2 Å². The molecule has 3 N–H and O–H groups in total. The molecular formula is C12H16N2O4S. The fourth-order valence-electron chi connectivity index (χ4n) is 1.31. The zero-order valence-electron chi connectivity index (χ0n) is 10.5. The standard InChI is InChI=1S/C12H16N2O4S/c1-18-12(15)10-4-6-11(7-5-10)19(16,17)14-9-3-2-8-13/h2-7,14H,8-9,13H2,1H3/b3-2+. The minimum absolute atomic E-state index is 0.0845. The number of carbonyl (C=O) groups is 1. The van der Waals surface area contributed by atoms with Gasteiger partial charge in [0.2, 0.25) is 10.0 Å². The second kappa shape index (κ2) is 7.03. The number of hydrogen-bond donors (Lipinski definition) is 2. The molecule has 1 aromatic carbocycles. The van der Waals surface area contributed by atoms with Crippen molar-refractivity contribution in [3.63, 3.8) is 0 Å². The van der Waals surface area contributed by atoms with Gasteiger partial charge in [-0.25, -0.2) is 17.9 Å². The largest absolute Gasteiger partial charge is 0.465 e. The van der Waals surface area contributed by atoms with Crippen molar-refractivity contribution < 1.29 is 17.9 Å². The molecule has 6 nitrogen and oxygen atoms in total. The monoisotopic (exact) mass is 284 g/mol. The number of carbonyl (C=O) groups excluding carboxylic acids is 1. The van der Waals surface area contributed by atoms with Gasteiger partial charge in [-0.15, -0.1) is 0 Å². The minimum Gasteiger partial charge on any atom is -0.465 e. The van der Waals surface area contributed by atoms with Gasteiger partial charge in [0.05, 0.1) is 17.6 Å². The third kappa shape index (κ3) is 4.47. The summed E-state index contributed by atoms with van der Waals surface area (Å²) in [6, 6.07) is 5.49. The molecule has 0 amide bonds. The van der Waals surface area contributed by atoms with Gasteiger partial charge in [0, 0.05) is 13.1 Å². The van der Waals surface area contributed by atoms with Crippen LogP contribution in [0.4, 0.5) is 0 Å². The van der Waals surface area contributed by atoms with Gasteiger partial charge < -0.3 is 10.5 Å². The first-order valence-corrected chi connectivity index (χ1v) is 7.02.